The van der Waals surface area contributed by atoms with E-state index in [9.17, 15) is 4.79 Å². The number of benzene rings is 1. The molecule has 21 heavy (non-hydrogen) atoms. The highest BCUT2D eigenvalue weighted by atomic mass is 16.5. The lowest BCUT2D eigenvalue weighted by molar-refractivity contribution is -0.115. The molecule has 0 spiro atoms. The molecule has 118 valence electrons. The molecule has 0 saturated heterocycles. The molecule has 0 aliphatic rings. The van der Waals surface area contributed by atoms with Gasteiger partial charge in [0.05, 0.1) is 19.3 Å². The minimum Gasteiger partial charge on any atom is -0.495 e. The second kappa shape index (κ2) is 7.46. The second-order valence-corrected chi connectivity index (χ2v) is 6.40. The highest BCUT2D eigenvalue weighted by Crippen LogP contribution is 2.31. The number of hydrogen-bond donors (Lipinski definition) is 2. The van der Waals surface area contributed by atoms with Gasteiger partial charge in [0, 0.05) is 6.04 Å². The lowest BCUT2D eigenvalue weighted by Gasteiger charge is -2.21. The van der Waals surface area contributed by atoms with E-state index in [4.69, 9.17) is 4.74 Å². The maximum Gasteiger partial charge on any atom is 0.238 e. The van der Waals surface area contributed by atoms with Crippen molar-refractivity contribution in [2.45, 2.75) is 52.5 Å². The van der Waals surface area contributed by atoms with Crippen molar-refractivity contribution in [3.8, 4) is 5.75 Å². The van der Waals surface area contributed by atoms with Gasteiger partial charge in [0.15, 0.2) is 0 Å². The van der Waals surface area contributed by atoms with Gasteiger partial charge in [-0.05, 0) is 36.5 Å². The molecule has 4 heteroatoms. The van der Waals surface area contributed by atoms with Crippen molar-refractivity contribution in [3.05, 3.63) is 23.8 Å². The molecule has 0 aromatic heterocycles. The first kappa shape index (κ1) is 17.5. The van der Waals surface area contributed by atoms with Crippen LogP contribution in [0.3, 0.4) is 0 Å². The van der Waals surface area contributed by atoms with Crippen LogP contribution >= 0.6 is 0 Å². The van der Waals surface area contributed by atoms with Crippen LogP contribution in [0, 0.1) is 0 Å². The Hall–Kier alpha value is -1.55. The molecule has 0 saturated carbocycles. The predicted octanol–water partition coefficient (Wildman–Crippen LogP) is 3.32. The Morgan fingerprint density at radius 3 is 2.52 bits per heavy atom. The largest absolute Gasteiger partial charge is 0.495 e. The Morgan fingerprint density at radius 2 is 2.00 bits per heavy atom. The van der Waals surface area contributed by atoms with Crippen molar-refractivity contribution in [3.63, 3.8) is 0 Å². The molecule has 1 amide bonds. The summed E-state index contributed by atoms with van der Waals surface area (Å²) in [5.41, 5.74) is 1.91. The normalized spacial score (nSPS) is 12.9. The molecular formula is C17H28N2O2. The van der Waals surface area contributed by atoms with Gasteiger partial charge in [-0.25, -0.2) is 0 Å². The van der Waals surface area contributed by atoms with E-state index in [1.807, 2.05) is 18.2 Å². The third kappa shape index (κ3) is 5.38. The third-order valence-electron chi connectivity index (χ3n) is 3.56. The molecule has 4 nitrogen and oxygen atoms in total. The molecule has 1 aromatic carbocycles. The number of nitrogens with one attached hydrogen (secondary N) is 2. The van der Waals surface area contributed by atoms with E-state index in [2.05, 4.69) is 45.3 Å². The molecule has 1 atom stereocenters. The highest BCUT2D eigenvalue weighted by Gasteiger charge is 2.17. The van der Waals surface area contributed by atoms with Crippen molar-refractivity contribution in [2.75, 3.05) is 19.0 Å². The molecule has 1 unspecified atom stereocenters. The number of amides is 1. The Labute approximate surface area is 128 Å². The Kier molecular flexibility index (Phi) is 6.21. The van der Waals surface area contributed by atoms with E-state index in [1.54, 1.807) is 7.11 Å². The number of anilines is 1. The van der Waals surface area contributed by atoms with Crippen LogP contribution in [-0.4, -0.2) is 25.6 Å². The van der Waals surface area contributed by atoms with Gasteiger partial charge >= 0.3 is 0 Å². The number of rotatable bonds is 6. The average Bonchev–Trinajstić information content (AvgIpc) is 2.43. The van der Waals surface area contributed by atoms with Crippen LogP contribution in [-0.2, 0) is 10.2 Å². The van der Waals surface area contributed by atoms with Gasteiger partial charge in [-0.15, -0.1) is 0 Å². The highest BCUT2D eigenvalue weighted by molar-refractivity contribution is 5.93. The smallest absolute Gasteiger partial charge is 0.238 e. The number of carbonyl (C=O) groups excluding carboxylic acids is 1. The SMILES string of the molecule is CCC(C)NCC(=O)Nc1cc(C(C)(C)C)ccc1OC. The summed E-state index contributed by atoms with van der Waals surface area (Å²) in [6.07, 6.45) is 0.996. The van der Waals surface area contributed by atoms with Crippen LogP contribution in [0.15, 0.2) is 18.2 Å². The van der Waals surface area contributed by atoms with Crippen LogP contribution in [0.1, 0.15) is 46.6 Å². The quantitative estimate of drug-likeness (QED) is 0.845. The predicted molar refractivity (Wildman–Crippen MR) is 88.1 cm³/mol. The lowest BCUT2D eigenvalue weighted by Crippen LogP contribution is -2.34. The van der Waals surface area contributed by atoms with Crippen LogP contribution < -0.4 is 15.4 Å². The molecule has 0 fully saturated rings. The Balaban J connectivity index is 2.83. The molecular weight excluding hydrogens is 264 g/mol. The zero-order valence-corrected chi connectivity index (χ0v) is 14.0. The third-order valence-corrected chi connectivity index (χ3v) is 3.56. The topological polar surface area (TPSA) is 50.4 Å². The van der Waals surface area contributed by atoms with Crippen molar-refractivity contribution in [2.24, 2.45) is 0 Å². The summed E-state index contributed by atoms with van der Waals surface area (Å²) >= 11 is 0. The summed E-state index contributed by atoms with van der Waals surface area (Å²) < 4.78 is 5.33. The Bertz CT molecular complexity index is 478. The van der Waals surface area contributed by atoms with Gasteiger partial charge in [-0.1, -0.05) is 33.8 Å². The first-order valence-electron chi connectivity index (χ1n) is 7.49. The maximum absolute atomic E-state index is 12.0. The number of methoxy groups -OCH3 is 1. The van der Waals surface area contributed by atoms with E-state index in [1.165, 1.54) is 0 Å². The first-order chi connectivity index (χ1) is 9.77. The molecule has 1 aromatic rings. The van der Waals surface area contributed by atoms with Gasteiger partial charge in [0.1, 0.15) is 5.75 Å². The zero-order chi connectivity index (χ0) is 16.0. The van der Waals surface area contributed by atoms with Gasteiger partial charge in [0.2, 0.25) is 5.91 Å². The average molecular weight is 292 g/mol. The molecule has 0 bridgehead atoms. The van der Waals surface area contributed by atoms with E-state index >= 15 is 0 Å². The van der Waals surface area contributed by atoms with Gasteiger partial charge in [-0.3, -0.25) is 4.79 Å². The van der Waals surface area contributed by atoms with Gasteiger partial charge in [-0.2, -0.15) is 0 Å². The van der Waals surface area contributed by atoms with E-state index in [0.717, 1.165) is 17.7 Å². The van der Waals surface area contributed by atoms with Gasteiger partial charge < -0.3 is 15.4 Å². The summed E-state index contributed by atoms with van der Waals surface area (Å²) in [6.45, 7) is 10.9. The second-order valence-electron chi connectivity index (χ2n) is 6.40. The van der Waals surface area contributed by atoms with Crippen molar-refractivity contribution in [1.29, 1.82) is 0 Å². The van der Waals surface area contributed by atoms with Crippen LogP contribution in [0.4, 0.5) is 5.69 Å². The molecule has 2 N–H and O–H groups in total. The van der Waals surface area contributed by atoms with Crippen molar-refractivity contribution < 1.29 is 9.53 Å². The minimum atomic E-state index is -0.0559. The molecule has 0 aliphatic heterocycles. The minimum absolute atomic E-state index is 0.0285. The number of carbonyl (C=O) groups is 1. The summed E-state index contributed by atoms with van der Waals surface area (Å²) in [5, 5.41) is 6.11. The fraction of sp³-hybridized carbons (Fsp3) is 0.588. The lowest BCUT2D eigenvalue weighted by atomic mass is 9.87. The monoisotopic (exact) mass is 292 g/mol. The summed E-state index contributed by atoms with van der Waals surface area (Å²) in [5.74, 6) is 0.625. The van der Waals surface area contributed by atoms with Crippen molar-refractivity contribution >= 4 is 11.6 Å². The number of ether oxygens (including phenoxy) is 1. The summed E-state index contributed by atoms with van der Waals surface area (Å²) in [6, 6.07) is 6.25. The standard InChI is InChI=1S/C17H28N2O2/c1-7-12(2)18-11-16(20)19-14-10-13(17(3,4)5)8-9-15(14)21-6/h8-10,12,18H,7,11H2,1-6H3,(H,19,20). The molecule has 0 radical (unpaired) electrons. The van der Waals surface area contributed by atoms with E-state index in [-0.39, 0.29) is 11.3 Å². The first-order valence-corrected chi connectivity index (χ1v) is 7.49. The van der Waals surface area contributed by atoms with Gasteiger partial charge in [0.25, 0.3) is 0 Å². The zero-order valence-electron chi connectivity index (χ0n) is 14.0. The van der Waals surface area contributed by atoms with Crippen molar-refractivity contribution in [1.82, 2.24) is 5.32 Å². The summed E-state index contributed by atoms with van der Waals surface area (Å²) in [4.78, 5) is 12.0. The van der Waals surface area contributed by atoms with Crippen LogP contribution in [0.25, 0.3) is 0 Å². The summed E-state index contributed by atoms with van der Waals surface area (Å²) in [7, 11) is 1.61. The van der Waals surface area contributed by atoms with Crippen LogP contribution in [0.2, 0.25) is 0 Å². The fourth-order valence-corrected chi connectivity index (χ4v) is 1.88. The van der Waals surface area contributed by atoms with Crippen LogP contribution in [0.5, 0.6) is 5.75 Å². The molecule has 0 aliphatic carbocycles. The Morgan fingerprint density at radius 1 is 1.33 bits per heavy atom. The van der Waals surface area contributed by atoms with E-state index in [0.29, 0.717) is 18.3 Å². The molecule has 0 heterocycles. The number of hydrogen-bond acceptors (Lipinski definition) is 3. The maximum atomic E-state index is 12.0. The fourth-order valence-electron chi connectivity index (χ4n) is 1.88. The molecule has 1 rings (SSSR count). The van der Waals surface area contributed by atoms with E-state index < -0.39 is 0 Å².